The van der Waals surface area contributed by atoms with E-state index in [4.69, 9.17) is 9.47 Å². The summed E-state index contributed by atoms with van der Waals surface area (Å²) in [4.78, 5) is 51.7. The maximum Gasteiger partial charge on any atom is 0.359 e. The maximum absolute atomic E-state index is 14.1. The largest absolute Gasteiger partial charge is 0.477 e. The predicted molar refractivity (Wildman–Crippen MR) is 206 cm³/mol. The van der Waals surface area contributed by atoms with Crippen LogP contribution in [0.2, 0.25) is 0 Å². The number of nitrogens with zero attached hydrogens (tertiary/aromatic N) is 1. The Labute approximate surface area is 310 Å². The number of hydrogen-bond donors (Lipinski definition) is 4. The fraction of sp³-hybridized carbons (Fsp3) is 0.895. The highest BCUT2D eigenvalue weighted by Gasteiger charge is 2.60. The Morgan fingerprint density at radius 2 is 1.31 bits per heavy atom. The van der Waals surface area contributed by atoms with Crippen LogP contribution in [-0.4, -0.2) is 91.4 Å². The molecule has 0 aromatic rings. The monoisotopic (exact) mass is 733 g/mol. The van der Waals surface area contributed by atoms with Crippen molar-refractivity contribution in [1.29, 1.82) is 0 Å². The average Bonchev–Trinajstić information content (AvgIpc) is 2.90. The topological polar surface area (TPSA) is 119 Å². The summed E-state index contributed by atoms with van der Waals surface area (Å²) in [5.41, 5.74) is -3.76. The van der Waals surface area contributed by atoms with Gasteiger partial charge in [-0.15, -0.1) is 0 Å². The van der Waals surface area contributed by atoms with Crippen molar-refractivity contribution in [3.63, 3.8) is 0 Å². The van der Waals surface area contributed by atoms with E-state index in [-0.39, 0.29) is 54.0 Å². The lowest BCUT2D eigenvalue weighted by Crippen LogP contribution is -2.56. The van der Waals surface area contributed by atoms with E-state index in [9.17, 15) is 24.3 Å². The van der Waals surface area contributed by atoms with Crippen LogP contribution in [0.15, 0.2) is 0 Å². The summed E-state index contributed by atoms with van der Waals surface area (Å²) in [6.45, 7) is 25.4. The quantitative estimate of drug-likeness (QED) is 0.0395. The van der Waals surface area contributed by atoms with Crippen LogP contribution in [0.1, 0.15) is 128 Å². The van der Waals surface area contributed by atoms with Crippen molar-refractivity contribution < 1.29 is 38.2 Å². The number of nitrogens with one attached hydrogen (secondary N) is 1. The van der Waals surface area contributed by atoms with Crippen LogP contribution in [-0.2, 0) is 28.7 Å². The second-order valence-corrected chi connectivity index (χ2v) is 19.8. The Kier molecular flexibility index (Phi) is 18.3. The van der Waals surface area contributed by atoms with Crippen LogP contribution in [0.4, 0.5) is 0 Å². The third-order valence-electron chi connectivity index (χ3n) is 11.1. The first-order valence-corrected chi connectivity index (χ1v) is 19.1. The zero-order chi connectivity index (χ0) is 38.7. The van der Waals surface area contributed by atoms with Crippen LogP contribution in [0.3, 0.4) is 0 Å². The average molecular weight is 734 g/mol. The van der Waals surface area contributed by atoms with Gasteiger partial charge >= 0.3 is 17.9 Å². The van der Waals surface area contributed by atoms with E-state index in [0.717, 1.165) is 31.4 Å². The van der Waals surface area contributed by atoms with Crippen LogP contribution in [0.25, 0.3) is 0 Å². The van der Waals surface area contributed by atoms with Gasteiger partial charge in [0, 0.05) is 11.7 Å². The molecule has 9 nitrogen and oxygen atoms in total. The van der Waals surface area contributed by atoms with Gasteiger partial charge in [0.1, 0.15) is 19.8 Å². The Bertz CT molecular complexity index is 1090. The predicted octanol–water partition coefficient (Wildman–Crippen LogP) is 7.47. The van der Waals surface area contributed by atoms with Gasteiger partial charge in [-0.3, -0.25) is 14.4 Å². The molecule has 0 heterocycles. The van der Waals surface area contributed by atoms with Gasteiger partial charge in [-0.1, -0.05) is 75.7 Å². The minimum absolute atomic E-state index is 0.0578. The Hall–Kier alpha value is -1.46. The molecule has 2 N–H and O–H groups in total. The summed E-state index contributed by atoms with van der Waals surface area (Å²) in [7, 11) is 3.60. The number of unbranched alkanes of at least 4 members (excludes halogenated alkanes) is 1. The zero-order valence-corrected chi connectivity index (χ0v) is 35.3. The molecule has 49 heavy (non-hydrogen) atoms. The van der Waals surface area contributed by atoms with E-state index >= 15 is 0 Å². The number of thiol groups is 2. The molecule has 0 saturated carbocycles. The van der Waals surface area contributed by atoms with E-state index in [1.54, 1.807) is 14.1 Å². The molecule has 0 rings (SSSR count). The number of carboxylic acids is 1. The molecule has 0 bridgehead atoms. The molecule has 3 atom stereocenters. The van der Waals surface area contributed by atoms with Gasteiger partial charge in [-0.25, -0.2) is 4.79 Å². The van der Waals surface area contributed by atoms with Crippen LogP contribution < -0.4 is 5.32 Å². The molecule has 0 aromatic carbocycles. The molecule has 288 valence electrons. The second kappa shape index (κ2) is 18.9. The zero-order valence-electron chi connectivity index (χ0n) is 33.5. The minimum Gasteiger partial charge on any atom is -0.477 e. The second-order valence-electron chi connectivity index (χ2n) is 18.6. The molecular weight excluding hydrogens is 661 g/mol. The van der Waals surface area contributed by atoms with Crippen molar-refractivity contribution >= 4 is 49.1 Å². The number of carbonyl (C=O) groups excluding carboxylic acids is 3. The number of esters is 2. The number of hydrogen-bond acceptors (Lipinski definition) is 8. The summed E-state index contributed by atoms with van der Waals surface area (Å²) in [6, 6.07) is 0. The summed E-state index contributed by atoms with van der Waals surface area (Å²) in [6.07, 6.45) is 5.02. The number of rotatable bonds is 22. The fourth-order valence-electron chi connectivity index (χ4n) is 6.63. The molecule has 0 aromatic heterocycles. The Balaban J connectivity index is 5.90. The number of amides is 1. The molecular formula is C38H73N2O7S2+. The lowest BCUT2D eigenvalue weighted by molar-refractivity contribution is -0.883. The molecule has 0 aliphatic rings. The van der Waals surface area contributed by atoms with E-state index in [0.29, 0.717) is 31.1 Å². The van der Waals surface area contributed by atoms with Crippen molar-refractivity contribution in [2.24, 2.45) is 32.5 Å². The first kappa shape index (κ1) is 47.5. The highest BCUT2D eigenvalue weighted by atomic mass is 32.1. The van der Waals surface area contributed by atoms with Gasteiger partial charge in [0.15, 0.2) is 6.54 Å². The van der Waals surface area contributed by atoms with Gasteiger partial charge in [0.05, 0.1) is 31.5 Å². The molecule has 0 aliphatic heterocycles. The van der Waals surface area contributed by atoms with Gasteiger partial charge in [0.2, 0.25) is 5.91 Å². The Morgan fingerprint density at radius 1 is 0.776 bits per heavy atom. The van der Waals surface area contributed by atoms with Gasteiger partial charge in [-0.05, 0) is 73.4 Å². The molecule has 0 spiro atoms. The standard InChI is InChI=1S/C38H72N2O7S2/c1-33(2,3)26-38(12,32(45)46-22-20-39-29(41)18-16-15-17-28(49)19-24-48)36(9,10)35(7,8)27-37(11,34(4,5)6)31(44)47-23-21-40(13,14)25-30(42)43/h28H,15-27H2,1-14H3,(H3-,39,41,42,43,48,49)/p+1. The summed E-state index contributed by atoms with van der Waals surface area (Å²) in [5.74, 6) is -0.817. The highest BCUT2D eigenvalue weighted by Crippen LogP contribution is 2.61. The van der Waals surface area contributed by atoms with Gasteiger partial charge in [0.25, 0.3) is 0 Å². The number of ether oxygens (including phenoxy) is 2. The number of quaternary nitrogens is 1. The van der Waals surface area contributed by atoms with E-state index in [1.165, 1.54) is 0 Å². The van der Waals surface area contributed by atoms with Crippen molar-refractivity contribution in [3.05, 3.63) is 0 Å². The van der Waals surface area contributed by atoms with E-state index in [1.807, 2.05) is 34.6 Å². The van der Waals surface area contributed by atoms with Crippen LogP contribution in [0.5, 0.6) is 0 Å². The van der Waals surface area contributed by atoms with Crippen molar-refractivity contribution in [2.75, 3.05) is 52.7 Å². The minimum atomic E-state index is -0.934. The SMILES string of the molecule is CC(C)(C)CC(C)(C(=O)OCCNC(=O)CCCCC(S)CCS)C(C)(C)C(C)(C)CC(C)(C(=O)OCC[N+](C)(C)CC(=O)O)C(C)(C)C. The van der Waals surface area contributed by atoms with Gasteiger partial charge < -0.3 is 24.4 Å². The molecule has 3 unspecified atom stereocenters. The molecule has 0 aliphatic carbocycles. The summed E-state index contributed by atoms with van der Waals surface area (Å²) >= 11 is 8.79. The molecule has 11 heteroatoms. The number of carbonyl (C=O) groups is 4. The van der Waals surface area contributed by atoms with E-state index < -0.39 is 33.0 Å². The first-order chi connectivity index (χ1) is 22.0. The molecule has 0 saturated heterocycles. The van der Waals surface area contributed by atoms with Crippen LogP contribution >= 0.6 is 25.3 Å². The van der Waals surface area contributed by atoms with Crippen molar-refractivity contribution in [1.82, 2.24) is 5.32 Å². The highest BCUT2D eigenvalue weighted by molar-refractivity contribution is 7.81. The van der Waals surface area contributed by atoms with Gasteiger partial charge in [-0.2, -0.15) is 25.3 Å². The normalized spacial score (nSPS) is 16.2. The number of carboxylic acid groups (broad SMARTS) is 1. The summed E-state index contributed by atoms with van der Waals surface area (Å²) < 4.78 is 12.0. The number of likely N-dealkylation sites (N-methyl/N-ethyl adjacent to an activating group) is 1. The molecule has 0 radical (unpaired) electrons. The third kappa shape index (κ3) is 15.0. The van der Waals surface area contributed by atoms with E-state index in [2.05, 4.69) is 79.0 Å². The molecule has 0 fully saturated rings. The lowest BCUT2D eigenvalue weighted by Gasteiger charge is -2.56. The fourth-order valence-corrected chi connectivity index (χ4v) is 7.46. The van der Waals surface area contributed by atoms with Crippen molar-refractivity contribution in [3.8, 4) is 0 Å². The lowest BCUT2D eigenvalue weighted by atomic mass is 9.47. The smallest absolute Gasteiger partial charge is 0.359 e. The first-order valence-electron chi connectivity index (χ1n) is 17.9. The Morgan fingerprint density at radius 3 is 1.80 bits per heavy atom. The third-order valence-corrected chi connectivity index (χ3v) is 11.9. The maximum atomic E-state index is 14.1. The van der Waals surface area contributed by atoms with Crippen molar-refractivity contribution in [2.45, 2.75) is 133 Å². The number of aliphatic carboxylic acids is 1. The molecule has 1 amide bonds. The summed E-state index contributed by atoms with van der Waals surface area (Å²) in [5, 5.41) is 12.4. The van der Waals surface area contributed by atoms with Crippen LogP contribution in [0, 0.1) is 32.5 Å².